The number of hydrogen-bond acceptors (Lipinski definition) is 2. The molecule has 86 valence electrons. The van der Waals surface area contributed by atoms with Crippen molar-refractivity contribution in [3.63, 3.8) is 0 Å². The SMILES string of the molecule is CC1Cc2c(cccc2-c2ccccn2)CN1. The van der Waals surface area contributed by atoms with Crippen LogP contribution in [0.3, 0.4) is 0 Å². The highest BCUT2D eigenvalue weighted by Crippen LogP contribution is 2.28. The highest BCUT2D eigenvalue weighted by molar-refractivity contribution is 5.65. The van der Waals surface area contributed by atoms with Crippen LogP contribution in [0.4, 0.5) is 0 Å². The molecule has 1 unspecified atom stereocenters. The van der Waals surface area contributed by atoms with Gasteiger partial charge in [-0.2, -0.15) is 0 Å². The standard InChI is InChI=1S/C15H16N2/c1-11-9-14-12(10-17-11)5-4-6-13(14)15-7-2-3-8-16-15/h2-8,11,17H,9-10H2,1H3. The molecule has 0 saturated heterocycles. The maximum Gasteiger partial charge on any atom is 0.0704 e. The molecule has 0 radical (unpaired) electrons. The van der Waals surface area contributed by atoms with Crippen molar-refractivity contribution in [2.45, 2.75) is 25.9 Å². The first-order chi connectivity index (χ1) is 8.34. The van der Waals surface area contributed by atoms with Crippen LogP contribution < -0.4 is 5.32 Å². The minimum atomic E-state index is 0.548. The maximum atomic E-state index is 4.46. The molecule has 1 aromatic carbocycles. The number of nitrogens with zero attached hydrogens (tertiary/aromatic N) is 1. The Labute approximate surface area is 102 Å². The molecular weight excluding hydrogens is 208 g/mol. The second kappa shape index (κ2) is 4.30. The molecule has 2 aromatic rings. The van der Waals surface area contributed by atoms with Gasteiger partial charge < -0.3 is 5.32 Å². The molecule has 2 nitrogen and oxygen atoms in total. The number of pyridine rings is 1. The van der Waals surface area contributed by atoms with Gasteiger partial charge in [-0.15, -0.1) is 0 Å². The number of fused-ring (bicyclic) bond motifs is 1. The van der Waals surface area contributed by atoms with Gasteiger partial charge in [-0.05, 0) is 36.6 Å². The summed E-state index contributed by atoms with van der Waals surface area (Å²) >= 11 is 0. The lowest BCUT2D eigenvalue weighted by atomic mass is 9.90. The van der Waals surface area contributed by atoms with Crippen molar-refractivity contribution in [2.24, 2.45) is 0 Å². The Balaban J connectivity index is 2.12. The van der Waals surface area contributed by atoms with Crippen molar-refractivity contribution in [2.75, 3.05) is 0 Å². The van der Waals surface area contributed by atoms with Crippen LogP contribution in [0, 0.1) is 0 Å². The van der Waals surface area contributed by atoms with Crippen molar-refractivity contribution in [1.82, 2.24) is 10.3 Å². The van der Waals surface area contributed by atoms with Gasteiger partial charge in [-0.3, -0.25) is 4.98 Å². The highest BCUT2D eigenvalue weighted by atomic mass is 14.9. The third-order valence-corrected chi connectivity index (χ3v) is 3.37. The highest BCUT2D eigenvalue weighted by Gasteiger charge is 2.17. The molecule has 1 aliphatic rings. The summed E-state index contributed by atoms with van der Waals surface area (Å²) in [5.41, 5.74) is 5.23. The molecule has 0 saturated carbocycles. The molecule has 1 atom stereocenters. The fourth-order valence-corrected chi connectivity index (χ4v) is 2.47. The van der Waals surface area contributed by atoms with Crippen LogP contribution in [0.1, 0.15) is 18.1 Å². The molecule has 0 bridgehead atoms. The van der Waals surface area contributed by atoms with E-state index in [2.05, 4.69) is 41.5 Å². The van der Waals surface area contributed by atoms with E-state index in [4.69, 9.17) is 0 Å². The molecule has 3 rings (SSSR count). The van der Waals surface area contributed by atoms with Gasteiger partial charge in [-0.1, -0.05) is 24.3 Å². The third kappa shape index (κ3) is 1.96. The lowest BCUT2D eigenvalue weighted by molar-refractivity contribution is 0.514. The van der Waals surface area contributed by atoms with Gasteiger partial charge in [0.1, 0.15) is 0 Å². The van der Waals surface area contributed by atoms with E-state index in [0.717, 1.165) is 18.7 Å². The average Bonchev–Trinajstić information content (AvgIpc) is 2.39. The Hall–Kier alpha value is -1.67. The van der Waals surface area contributed by atoms with Crippen LogP contribution in [0.15, 0.2) is 42.6 Å². The van der Waals surface area contributed by atoms with Gasteiger partial charge in [-0.25, -0.2) is 0 Å². The van der Waals surface area contributed by atoms with E-state index in [-0.39, 0.29) is 0 Å². The lowest BCUT2D eigenvalue weighted by Crippen LogP contribution is -2.33. The molecule has 17 heavy (non-hydrogen) atoms. The Kier molecular flexibility index (Phi) is 2.65. The Morgan fingerprint density at radius 2 is 2.12 bits per heavy atom. The van der Waals surface area contributed by atoms with Gasteiger partial charge >= 0.3 is 0 Å². The molecule has 1 aromatic heterocycles. The molecule has 0 fully saturated rings. The minimum absolute atomic E-state index is 0.548. The minimum Gasteiger partial charge on any atom is -0.310 e. The van der Waals surface area contributed by atoms with E-state index in [1.807, 2.05) is 18.3 Å². The number of nitrogens with one attached hydrogen (secondary N) is 1. The topological polar surface area (TPSA) is 24.9 Å². The average molecular weight is 224 g/mol. The molecular formula is C15H16N2. The smallest absolute Gasteiger partial charge is 0.0704 e. The van der Waals surface area contributed by atoms with E-state index < -0.39 is 0 Å². The van der Waals surface area contributed by atoms with E-state index in [1.54, 1.807) is 0 Å². The first-order valence-corrected chi connectivity index (χ1v) is 6.10. The zero-order chi connectivity index (χ0) is 11.7. The normalized spacial score (nSPS) is 18.8. The van der Waals surface area contributed by atoms with Gasteiger partial charge in [0, 0.05) is 24.3 Å². The summed E-state index contributed by atoms with van der Waals surface area (Å²) in [4.78, 5) is 4.46. The monoisotopic (exact) mass is 224 g/mol. The summed E-state index contributed by atoms with van der Waals surface area (Å²) in [6, 6.07) is 13.2. The van der Waals surface area contributed by atoms with E-state index in [0.29, 0.717) is 6.04 Å². The Morgan fingerprint density at radius 3 is 2.94 bits per heavy atom. The number of hydrogen-bond donors (Lipinski definition) is 1. The molecule has 2 heterocycles. The maximum absolute atomic E-state index is 4.46. The first-order valence-electron chi connectivity index (χ1n) is 6.10. The Bertz CT molecular complexity index is 520. The molecule has 0 aliphatic carbocycles. The molecule has 1 aliphatic heterocycles. The van der Waals surface area contributed by atoms with Gasteiger partial charge in [0.15, 0.2) is 0 Å². The molecule has 0 spiro atoms. The number of aromatic nitrogens is 1. The van der Waals surface area contributed by atoms with Crippen molar-refractivity contribution in [3.8, 4) is 11.3 Å². The Morgan fingerprint density at radius 1 is 1.18 bits per heavy atom. The van der Waals surface area contributed by atoms with E-state index in [9.17, 15) is 0 Å². The fourth-order valence-electron chi connectivity index (χ4n) is 2.47. The summed E-state index contributed by atoms with van der Waals surface area (Å²) in [5.74, 6) is 0. The van der Waals surface area contributed by atoms with Crippen molar-refractivity contribution >= 4 is 0 Å². The van der Waals surface area contributed by atoms with Crippen molar-refractivity contribution < 1.29 is 0 Å². The first kappa shape index (κ1) is 10.5. The summed E-state index contributed by atoms with van der Waals surface area (Å²) < 4.78 is 0. The molecule has 2 heteroatoms. The van der Waals surface area contributed by atoms with Crippen LogP contribution in [-0.2, 0) is 13.0 Å². The van der Waals surface area contributed by atoms with Crippen LogP contribution in [0.25, 0.3) is 11.3 Å². The second-order valence-corrected chi connectivity index (χ2v) is 4.64. The van der Waals surface area contributed by atoms with Crippen LogP contribution in [0.2, 0.25) is 0 Å². The van der Waals surface area contributed by atoms with E-state index >= 15 is 0 Å². The second-order valence-electron chi connectivity index (χ2n) is 4.64. The largest absolute Gasteiger partial charge is 0.310 e. The fraction of sp³-hybridized carbons (Fsp3) is 0.267. The lowest BCUT2D eigenvalue weighted by Gasteiger charge is -2.25. The zero-order valence-electron chi connectivity index (χ0n) is 9.98. The van der Waals surface area contributed by atoms with E-state index in [1.165, 1.54) is 16.7 Å². The van der Waals surface area contributed by atoms with Gasteiger partial charge in [0.25, 0.3) is 0 Å². The van der Waals surface area contributed by atoms with Crippen molar-refractivity contribution in [3.05, 3.63) is 53.7 Å². The van der Waals surface area contributed by atoms with Crippen molar-refractivity contribution in [1.29, 1.82) is 0 Å². The number of benzene rings is 1. The van der Waals surface area contributed by atoms with Gasteiger partial charge in [0.05, 0.1) is 5.69 Å². The van der Waals surface area contributed by atoms with Crippen LogP contribution in [-0.4, -0.2) is 11.0 Å². The summed E-state index contributed by atoms with van der Waals surface area (Å²) in [6.07, 6.45) is 2.95. The summed E-state index contributed by atoms with van der Waals surface area (Å²) in [6.45, 7) is 3.20. The summed E-state index contributed by atoms with van der Waals surface area (Å²) in [7, 11) is 0. The quantitative estimate of drug-likeness (QED) is 0.805. The van der Waals surface area contributed by atoms with Gasteiger partial charge in [0.2, 0.25) is 0 Å². The number of rotatable bonds is 1. The predicted octanol–water partition coefficient (Wildman–Crippen LogP) is 2.78. The molecule has 1 N–H and O–H groups in total. The van der Waals surface area contributed by atoms with Crippen LogP contribution >= 0.6 is 0 Å². The van der Waals surface area contributed by atoms with Crippen LogP contribution in [0.5, 0.6) is 0 Å². The molecule has 0 amide bonds. The third-order valence-electron chi connectivity index (χ3n) is 3.37. The predicted molar refractivity (Wildman–Crippen MR) is 69.7 cm³/mol. The summed E-state index contributed by atoms with van der Waals surface area (Å²) in [5, 5.41) is 3.50. The zero-order valence-corrected chi connectivity index (χ0v) is 9.98.